The second-order valence-electron chi connectivity index (χ2n) is 4.90. The molecule has 0 spiro atoms. The summed E-state index contributed by atoms with van der Waals surface area (Å²) in [5.74, 6) is -0.448. The van der Waals surface area contributed by atoms with Crippen molar-refractivity contribution in [3.05, 3.63) is 40.9 Å². The van der Waals surface area contributed by atoms with Gasteiger partial charge in [-0.15, -0.1) is 0 Å². The number of fused-ring (bicyclic) bond motifs is 1. The van der Waals surface area contributed by atoms with Crippen LogP contribution in [-0.4, -0.2) is 18.4 Å². The number of rotatable bonds is 2. The number of carbonyl (C=O) groups is 2. The Labute approximate surface area is 124 Å². The third-order valence-corrected chi connectivity index (χ3v) is 3.91. The summed E-state index contributed by atoms with van der Waals surface area (Å²) in [6.07, 6.45) is 0.270. The summed E-state index contributed by atoms with van der Waals surface area (Å²) in [4.78, 5) is 23.2. The molecule has 0 aromatic heterocycles. The zero-order valence-electron chi connectivity index (χ0n) is 10.7. The maximum atomic E-state index is 12.0. The molecule has 3 rings (SSSR count). The number of amides is 2. The van der Waals surface area contributed by atoms with E-state index in [2.05, 4.69) is 26.6 Å². The van der Waals surface area contributed by atoms with E-state index >= 15 is 0 Å². The lowest BCUT2D eigenvalue weighted by molar-refractivity contribution is -0.123. The fourth-order valence-electron chi connectivity index (χ4n) is 2.33. The molecule has 2 amide bonds. The van der Waals surface area contributed by atoms with Crippen molar-refractivity contribution < 1.29 is 9.59 Å². The number of halogens is 1. The Morgan fingerprint density at radius 3 is 2.70 bits per heavy atom. The lowest BCUT2D eigenvalue weighted by Crippen LogP contribution is -2.24. The molecule has 1 fully saturated rings. The van der Waals surface area contributed by atoms with Crippen molar-refractivity contribution in [2.75, 3.05) is 11.9 Å². The maximum absolute atomic E-state index is 12.0. The molecule has 0 saturated carbocycles. The second kappa shape index (κ2) is 5.25. The van der Waals surface area contributed by atoms with Crippen LogP contribution >= 0.6 is 15.9 Å². The van der Waals surface area contributed by atoms with E-state index in [0.29, 0.717) is 6.54 Å². The zero-order valence-corrected chi connectivity index (χ0v) is 12.2. The molecule has 0 radical (unpaired) electrons. The summed E-state index contributed by atoms with van der Waals surface area (Å²) in [5.41, 5.74) is 0.754. The summed E-state index contributed by atoms with van der Waals surface area (Å²) in [5, 5.41) is 7.70. The Morgan fingerprint density at radius 1 is 1.20 bits per heavy atom. The molecular weight excluding hydrogens is 320 g/mol. The van der Waals surface area contributed by atoms with Crippen LogP contribution in [-0.2, 0) is 9.59 Å². The van der Waals surface area contributed by atoms with Gasteiger partial charge in [0, 0.05) is 23.1 Å². The van der Waals surface area contributed by atoms with Crippen LogP contribution < -0.4 is 10.6 Å². The first kappa shape index (κ1) is 13.1. The molecule has 5 heteroatoms. The quantitative estimate of drug-likeness (QED) is 0.888. The van der Waals surface area contributed by atoms with Gasteiger partial charge in [0.05, 0.1) is 5.92 Å². The Hall–Kier alpha value is -1.88. The van der Waals surface area contributed by atoms with Crippen molar-refractivity contribution in [3.8, 4) is 0 Å². The maximum Gasteiger partial charge on any atom is 0.229 e. The topological polar surface area (TPSA) is 58.2 Å². The Kier molecular flexibility index (Phi) is 3.44. The van der Waals surface area contributed by atoms with E-state index < -0.39 is 0 Å². The number of hydrogen-bond donors (Lipinski definition) is 2. The highest BCUT2D eigenvalue weighted by Gasteiger charge is 2.27. The molecule has 1 aliphatic heterocycles. The smallest absolute Gasteiger partial charge is 0.229 e. The lowest BCUT2D eigenvalue weighted by atomic mass is 10.1. The molecule has 0 aliphatic carbocycles. The van der Waals surface area contributed by atoms with Crippen molar-refractivity contribution in [1.82, 2.24) is 5.32 Å². The zero-order chi connectivity index (χ0) is 14.1. The fourth-order valence-corrected chi connectivity index (χ4v) is 2.71. The normalized spacial score (nSPS) is 18.1. The van der Waals surface area contributed by atoms with Crippen molar-refractivity contribution >= 4 is 44.2 Å². The van der Waals surface area contributed by atoms with Crippen molar-refractivity contribution in [2.24, 2.45) is 5.92 Å². The monoisotopic (exact) mass is 332 g/mol. The predicted octanol–water partition coefficient (Wildman–Crippen LogP) is 2.68. The Morgan fingerprint density at radius 2 is 1.95 bits per heavy atom. The summed E-state index contributed by atoms with van der Waals surface area (Å²) in [6.45, 7) is 0.422. The van der Waals surface area contributed by atoms with Crippen LogP contribution in [0, 0.1) is 5.92 Å². The molecule has 102 valence electrons. The molecule has 1 saturated heterocycles. The molecule has 20 heavy (non-hydrogen) atoms. The molecule has 2 aromatic carbocycles. The minimum Gasteiger partial charge on any atom is -0.355 e. The molecule has 1 atom stereocenters. The first-order valence-corrected chi connectivity index (χ1v) is 7.18. The standard InChI is InChI=1S/C15H13BrN2O2/c16-12-3-1-10-6-13(4-2-9(10)5-12)18-15(20)11-7-14(19)17-8-11/h1-6,11H,7-8H2,(H,17,19)(H,18,20). The van der Waals surface area contributed by atoms with Crippen molar-refractivity contribution in [3.63, 3.8) is 0 Å². The largest absolute Gasteiger partial charge is 0.355 e. The van der Waals surface area contributed by atoms with Gasteiger partial charge in [0.25, 0.3) is 0 Å². The lowest BCUT2D eigenvalue weighted by Gasteiger charge is -2.10. The van der Waals surface area contributed by atoms with Gasteiger partial charge in [0.1, 0.15) is 0 Å². The Bertz CT molecular complexity index is 699. The van der Waals surface area contributed by atoms with Crippen LogP contribution in [0.2, 0.25) is 0 Å². The Balaban J connectivity index is 1.79. The van der Waals surface area contributed by atoms with Gasteiger partial charge >= 0.3 is 0 Å². The van der Waals surface area contributed by atoms with Gasteiger partial charge in [-0.1, -0.05) is 28.1 Å². The predicted molar refractivity (Wildman–Crippen MR) is 81.4 cm³/mol. The first-order valence-electron chi connectivity index (χ1n) is 6.39. The van der Waals surface area contributed by atoms with E-state index in [1.54, 1.807) is 0 Å². The van der Waals surface area contributed by atoms with Crippen LogP contribution in [0.25, 0.3) is 10.8 Å². The van der Waals surface area contributed by atoms with Crippen LogP contribution in [0.1, 0.15) is 6.42 Å². The number of carbonyl (C=O) groups excluding carboxylic acids is 2. The highest BCUT2D eigenvalue weighted by Crippen LogP contribution is 2.23. The second-order valence-corrected chi connectivity index (χ2v) is 5.82. The third-order valence-electron chi connectivity index (χ3n) is 3.42. The summed E-state index contributed by atoms with van der Waals surface area (Å²) in [7, 11) is 0. The molecule has 2 aromatic rings. The minimum absolute atomic E-state index is 0.0616. The van der Waals surface area contributed by atoms with E-state index in [1.165, 1.54) is 0 Å². The summed E-state index contributed by atoms with van der Waals surface area (Å²) in [6, 6.07) is 11.8. The van der Waals surface area contributed by atoms with E-state index in [0.717, 1.165) is 20.9 Å². The first-order chi connectivity index (χ1) is 9.61. The van der Waals surface area contributed by atoms with E-state index in [4.69, 9.17) is 0 Å². The van der Waals surface area contributed by atoms with Gasteiger partial charge in [-0.2, -0.15) is 0 Å². The number of nitrogens with one attached hydrogen (secondary N) is 2. The molecular formula is C15H13BrN2O2. The average Bonchev–Trinajstić information content (AvgIpc) is 2.86. The molecule has 1 aliphatic rings. The van der Waals surface area contributed by atoms with Gasteiger partial charge < -0.3 is 10.6 Å². The highest BCUT2D eigenvalue weighted by molar-refractivity contribution is 9.10. The number of hydrogen-bond acceptors (Lipinski definition) is 2. The van der Waals surface area contributed by atoms with Crippen LogP contribution in [0.4, 0.5) is 5.69 Å². The van der Waals surface area contributed by atoms with E-state index in [1.807, 2.05) is 36.4 Å². The molecule has 1 heterocycles. The molecule has 2 N–H and O–H groups in total. The fraction of sp³-hybridized carbons (Fsp3) is 0.200. The van der Waals surface area contributed by atoms with Gasteiger partial charge in [-0.3, -0.25) is 9.59 Å². The number of benzene rings is 2. The SMILES string of the molecule is O=C1CC(C(=O)Nc2ccc3cc(Br)ccc3c2)CN1. The van der Waals surface area contributed by atoms with Crippen LogP contribution in [0.5, 0.6) is 0 Å². The number of anilines is 1. The van der Waals surface area contributed by atoms with E-state index in [9.17, 15) is 9.59 Å². The molecule has 0 bridgehead atoms. The van der Waals surface area contributed by atoms with E-state index in [-0.39, 0.29) is 24.2 Å². The summed E-state index contributed by atoms with van der Waals surface area (Å²) >= 11 is 3.43. The highest BCUT2D eigenvalue weighted by atomic mass is 79.9. The average molecular weight is 333 g/mol. The van der Waals surface area contributed by atoms with Gasteiger partial charge in [0.2, 0.25) is 11.8 Å². The third kappa shape index (κ3) is 2.67. The van der Waals surface area contributed by atoms with Crippen LogP contribution in [0.3, 0.4) is 0 Å². The molecule has 4 nitrogen and oxygen atoms in total. The van der Waals surface area contributed by atoms with Gasteiger partial charge in [-0.25, -0.2) is 0 Å². The van der Waals surface area contributed by atoms with Crippen LogP contribution in [0.15, 0.2) is 40.9 Å². The van der Waals surface area contributed by atoms with Gasteiger partial charge in [0.15, 0.2) is 0 Å². The van der Waals surface area contributed by atoms with Crippen molar-refractivity contribution in [2.45, 2.75) is 6.42 Å². The van der Waals surface area contributed by atoms with Crippen molar-refractivity contribution in [1.29, 1.82) is 0 Å². The summed E-state index contributed by atoms with van der Waals surface area (Å²) < 4.78 is 1.03. The molecule has 1 unspecified atom stereocenters. The van der Waals surface area contributed by atoms with Gasteiger partial charge in [-0.05, 0) is 35.0 Å². The minimum atomic E-state index is -0.275.